The van der Waals surface area contributed by atoms with Gasteiger partial charge in [-0.05, 0) is 43.7 Å². The van der Waals surface area contributed by atoms with Crippen LogP contribution in [0.15, 0.2) is 30.3 Å². The molecule has 0 saturated carbocycles. The first-order valence-electron chi connectivity index (χ1n) is 6.04. The van der Waals surface area contributed by atoms with Crippen molar-refractivity contribution in [2.75, 3.05) is 5.32 Å². The van der Waals surface area contributed by atoms with Crippen molar-refractivity contribution in [3.05, 3.63) is 52.8 Å². The first kappa shape index (κ1) is 12.3. The van der Waals surface area contributed by atoms with Crippen LogP contribution in [0.1, 0.15) is 22.5 Å². The molecule has 0 atom stereocenters. The summed E-state index contributed by atoms with van der Waals surface area (Å²) in [6.45, 7) is 5.08. The van der Waals surface area contributed by atoms with E-state index in [0.29, 0.717) is 0 Å². The summed E-state index contributed by atoms with van der Waals surface area (Å²) in [6.07, 6.45) is 5.39. The van der Waals surface area contributed by atoms with Crippen molar-refractivity contribution in [3.63, 3.8) is 0 Å². The molecular formula is C16H18N2. The van der Waals surface area contributed by atoms with Gasteiger partial charge in [-0.1, -0.05) is 12.0 Å². The maximum atomic E-state index is 5.39. The second-order valence-electron chi connectivity index (χ2n) is 4.53. The minimum Gasteiger partial charge on any atom is -0.381 e. The van der Waals surface area contributed by atoms with Crippen LogP contribution >= 0.6 is 0 Å². The van der Waals surface area contributed by atoms with E-state index in [1.165, 1.54) is 17.0 Å². The molecule has 0 radical (unpaired) electrons. The van der Waals surface area contributed by atoms with Crippen molar-refractivity contribution in [2.24, 2.45) is 7.05 Å². The Balaban J connectivity index is 2.12. The maximum Gasteiger partial charge on any atom is 0.0418 e. The highest BCUT2D eigenvalue weighted by molar-refractivity contribution is 5.50. The van der Waals surface area contributed by atoms with Gasteiger partial charge in [-0.3, -0.25) is 0 Å². The number of rotatable bonds is 3. The number of benzene rings is 1. The Kier molecular flexibility index (Phi) is 3.43. The van der Waals surface area contributed by atoms with Gasteiger partial charge in [0.2, 0.25) is 0 Å². The SMILES string of the molecule is C#Cc1cccc(NCc2cc(C)n(C)c2C)c1. The number of anilines is 1. The molecule has 2 rings (SSSR count). The largest absolute Gasteiger partial charge is 0.381 e. The molecule has 2 aromatic rings. The van der Waals surface area contributed by atoms with Crippen LogP contribution in [-0.2, 0) is 13.6 Å². The third-order valence-corrected chi connectivity index (χ3v) is 3.39. The average molecular weight is 238 g/mol. The van der Waals surface area contributed by atoms with Crippen molar-refractivity contribution < 1.29 is 0 Å². The van der Waals surface area contributed by atoms with Gasteiger partial charge in [-0.15, -0.1) is 6.42 Å². The quantitative estimate of drug-likeness (QED) is 0.812. The predicted octanol–water partition coefficient (Wildman–Crippen LogP) is 3.24. The minimum atomic E-state index is 0.821. The zero-order valence-corrected chi connectivity index (χ0v) is 11.1. The van der Waals surface area contributed by atoms with E-state index >= 15 is 0 Å². The van der Waals surface area contributed by atoms with Crippen LogP contribution in [0.4, 0.5) is 5.69 Å². The van der Waals surface area contributed by atoms with Gasteiger partial charge < -0.3 is 9.88 Å². The molecule has 0 bridgehead atoms. The summed E-state index contributed by atoms with van der Waals surface area (Å²) < 4.78 is 2.20. The zero-order valence-electron chi connectivity index (χ0n) is 11.1. The lowest BCUT2D eigenvalue weighted by Crippen LogP contribution is -2.01. The van der Waals surface area contributed by atoms with Gasteiger partial charge in [0.25, 0.3) is 0 Å². The number of hydrogen-bond donors (Lipinski definition) is 1. The first-order valence-corrected chi connectivity index (χ1v) is 6.04. The summed E-state index contributed by atoms with van der Waals surface area (Å²) >= 11 is 0. The Bertz CT molecular complexity index is 600. The monoisotopic (exact) mass is 238 g/mol. The summed E-state index contributed by atoms with van der Waals surface area (Å²) in [7, 11) is 2.09. The van der Waals surface area contributed by atoms with Crippen LogP contribution in [0, 0.1) is 26.2 Å². The Labute approximate surface area is 109 Å². The van der Waals surface area contributed by atoms with Crippen molar-refractivity contribution in [3.8, 4) is 12.3 Å². The molecule has 18 heavy (non-hydrogen) atoms. The predicted molar refractivity (Wildman–Crippen MR) is 76.6 cm³/mol. The highest BCUT2D eigenvalue weighted by Gasteiger charge is 2.05. The fourth-order valence-corrected chi connectivity index (χ4v) is 2.03. The van der Waals surface area contributed by atoms with Crippen molar-refractivity contribution >= 4 is 5.69 Å². The van der Waals surface area contributed by atoms with Gasteiger partial charge >= 0.3 is 0 Å². The molecule has 1 aromatic heterocycles. The molecule has 0 fully saturated rings. The van der Waals surface area contributed by atoms with Crippen LogP contribution < -0.4 is 5.32 Å². The average Bonchev–Trinajstić information content (AvgIpc) is 2.64. The van der Waals surface area contributed by atoms with Crippen LogP contribution in [-0.4, -0.2) is 4.57 Å². The molecule has 1 heterocycles. The van der Waals surface area contributed by atoms with Crippen LogP contribution in [0.25, 0.3) is 0 Å². The highest BCUT2D eigenvalue weighted by Crippen LogP contribution is 2.16. The smallest absolute Gasteiger partial charge is 0.0418 e. The molecule has 0 saturated heterocycles. The van der Waals surface area contributed by atoms with Crippen LogP contribution in [0.2, 0.25) is 0 Å². The van der Waals surface area contributed by atoms with Gasteiger partial charge in [-0.25, -0.2) is 0 Å². The summed E-state index contributed by atoms with van der Waals surface area (Å²) in [4.78, 5) is 0. The summed E-state index contributed by atoms with van der Waals surface area (Å²) in [5.74, 6) is 2.65. The molecule has 0 aliphatic heterocycles. The van der Waals surface area contributed by atoms with E-state index in [0.717, 1.165) is 17.8 Å². The zero-order chi connectivity index (χ0) is 13.1. The standard InChI is InChI=1S/C16H18N2/c1-5-14-7-6-8-16(10-14)17-11-15-9-12(2)18(4)13(15)3/h1,6-10,17H,11H2,2-4H3. The molecule has 0 spiro atoms. The Hall–Kier alpha value is -2.14. The van der Waals surface area contributed by atoms with Gasteiger partial charge in [0.15, 0.2) is 0 Å². The third kappa shape index (κ3) is 2.41. The number of nitrogens with zero attached hydrogens (tertiary/aromatic N) is 1. The molecule has 0 aliphatic carbocycles. The lowest BCUT2D eigenvalue weighted by molar-refractivity contribution is 0.837. The van der Waals surface area contributed by atoms with Crippen molar-refractivity contribution in [2.45, 2.75) is 20.4 Å². The van der Waals surface area contributed by atoms with Crippen LogP contribution in [0.3, 0.4) is 0 Å². The third-order valence-electron chi connectivity index (χ3n) is 3.39. The number of aromatic nitrogens is 1. The minimum absolute atomic E-state index is 0.821. The normalized spacial score (nSPS) is 10.1. The number of terminal acetylenes is 1. The molecule has 92 valence electrons. The fourth-order valence-electron chi connectivity index (χ4n) is 2.03. The molecule has 1 N–H and O–H groups in total. The topological polar surface area (TPSA) is 17.0 Å². The van der Waals surface area contributed by atoms with E-state index in [1.54, 1.807) is 0 Å². The molecule has 2 heteroatoms. The van der Waals surface area contributed by atoms with Gasteiger partial charge in [0.1, 0.15) is 0 Å². The Morgan fingerprint density at radius 2 is 2.06 bits per heavy atom. The Morgan fingerprint density at radius 3 is 2.67 bits per heavy atom. The summed E-state index contributed by atoms with van der Waals surface area (Å²) in [5.41, 5.74) is 5.86. The molecular weight excluding hydrogens is 220 g/mol. The van der Waals surface area contributed by atoms with Crippen molar-refractivity contribution in [1.82, 2.24) is 4.57 Å². The lowest BCUT2D eigenvalue weighted by Gasteiger charge is -2.07. The summed E-state index contributed by atoms with van der Waals surface area (Å²) in [6, 6.07) is 10.1. The van der Waals surface area contributed by atoms with Gasteiger partial charge in [0, 0.05) is 36.2 Å². The van der Waals surface area contributed by atoms with Gasteiger partial charge in [-0.2, -0.15) is 0 Å². The summed E-state index contributed by atoms with van der Waals surface area (Å²) in [5, 5.41) is 3.41. The van der Waals surface area contributed by atoms with Gasteiger partial charge in [0.05, 0.1) is 0 Å². The molecule has 0 amide bonds. The molecule has 1 aromatic carbocycles. The number of aryl methyl sites for hydroxylation is 1. The lowest BCUT2D eigenvalue weighted by atomic mass is 10.2. The Morgan fingerprint density at radius 1 is 1.28 bits per heavy atom. The van der Waals surface area contributed by atoms with E-state index in [9.17, 15) is 0 Å². The first-order chi connectivity index (χ1) is 8.61. The maximum absolute atomic E-state index is 5.39. The van der Waals surface area contributed by atoms with E-state index < -0.39 is 0 Å². The van der Waals surface area contributed by atoms with E-state index in [4.69, 9.17) is 6.42 Å². The number of hydrogen-bond acceptors (Lipinski definition) is 1. The number of nitrogens with one attached hydrogen (secondary N) is 1. The van der Waals surface area contributed by atoms with E-state index in [1.807, 2.05) is 24.3 Å². The molecule has 2 nitrogen and oxygen atoms in total. The molecule has 0 unspecified atom stereocenters. The van der Waals surface area contributed by atoms with Crippen molar-refractivity contribution in [1.29, 1.82) is 0 Å². The van der Waals surface area contributed by atoms with E-state index in [-0.39, 0.29) is 0 Å². The van der Waals surface area contributed by atoms with E-state index in [2.05, 4.69) is 42.8 Å². The molecule has 0 aliphatic rings. The second-order valence-corrected chi connectivity index (χ2v) is 4.53. The highest BCUT2D eigenvalue weighted by atomic mass is 15.0. The van der Waals surface area contributed by atoms with Crippen LogP contribution in [0.5, 0.6) is 0 Å². The second kappa shape index (κ2) is 5.01. The fraction of sp³-hybridized carbons (Fsp3) is 0.250.